The third-order valence-corrected chi connectivity index (χ3v) is 8.35. The average molecular weight is 641 g/mol. The molecule has 3 aromatic carbocycles. The number of amides is 1. The van der Waals surface area contributed by atoms with E-state index in [0.717, 1.165) is 42.1 Å². The molecule has 0 spiro atoms. The number of methoxy groups -OCH3 is 1. The molecule has 2 heterocycles. The number of likely N-dealkylation sites (tertiary alicyclic amines) is 1. The fourth-order valence-electron chi connectivity index (χ4n) is 5.76. The zero-order valence-corrected chi connectivity index (χ0v) is 26.2. The highest BCUT2D eigenvalue weighted by atomic mass is 35.5. The van der Waals surface area contributed by atoms with Gasteiger partial charge in [-0.25, -0.2) is 4.79 Å². The first kappa shape index (κ1) is 32.7. The number of para-hydroxylation sites is 1. The lowest BCUT2D eigenvalue weighted by atomic mass is 9.84. The number of halogens is 1. The molecule has 45 heavy (non-hydrogen) atoms. The molecular weight excluding hydrogens is 600 g/mol. The normalized spacial score (nSPS) is 19.5. The van der Waals surface area contributed by atoms with Gasteiger partial charge in [0.25, 0.3) is 0 Å². The monoisotopic (exact) mass is 640 g/mol. The number of carbonyl (C=O) groups is 1. The largest absolute Gasteiger partial charge is 0.493 e. The van der Waals surface area contributed by atoms with Crippen LogP contribution in [0.25, 0.3) is 0 Å². The van der Waals surface area contributed by atoms with Crippen molar-refractivity contribution in [1.82, 2.24) is 4.90 Å². The summed E-state index contributed by atoms with van der Waals surface area (Å²) >= 11 is 6.13. The van der Waals surface area contributed by atoms with Crippen molar-refractivity contribution < 1.29 is 38.7 Å². The molecular formula is C34H41ClN2O8. The number of aliphatic hydroxyl groups excluding tert-OH is 1. The molecule has 1 saturated heterocycles. The number of nitrogens with zero attached hydrogens (tertiary/aromatic N) is 2. The number of carboxylic acid groups (broad SMARTS) is 1. The van der Waals surface area contributed by atoms with Gasteiger partial charge in [0, 0.05) is 32.6 Å². The highest BCUT2D eigenvalue weighted by molar-refractivity contribution is 6.32. The molecule has 2 aliphatic rings. The number of β-amino-alcohol motifs (C(OH)–C–C–N with tert-alkyl or cyclic N) is 1. The molecule has 0 bridgehead atoms. The predicted octanol–water partition coefficient (Wildman–Crippen LogP) is 5.45. The Morgan fingerprint density at radius 3 is 2.58 bits per heavy atom. The van der Waals surface area contributed by atoms with E-state index in [-0.39, 0.29) is 19.7 Å². The van der Waals surface area contributed by atoms with Crippen LogP contribution in [-0.4, -0.2) is 93.1 Å². The van der Waals surface area contributed by atoms with Gasteiger partial charge < -0.3 is 43.7 Å². The molecule has 3 aromatic rings. The van der Waals surface area contributed by atoms with Gasteiger partial charge in [0.2, 0.25) is 0 Å². The molecule has 1 amide bonds. The Morgan fingerprint density at radius 1 is 1.00 bits per heavy atom. The molecule has 0 aliphatic carbocycles. The van der Waals surface area contributed by atoms with Crippen molar-refractivity contribution in [2.45, 2.75) is 37.6 Å². The molecule has 0 unspecified atom stereocenters. The first-order chi connectivity index (χ1) is 21.9. The van der Waals surface area contributed by atoms with Crippen molar-refractivity contribution in [2.24, 2.45) is 0 Å². The number of piperidine rings is 1. The van der Waals surface area contributed by atoms with E-state index in [1.807, 2.05) is 54.6 Å². The Hall–Kier alpha value is -3.70. The molecule has 2 aliphatic heterocycles. The van der Waals surface area contributed by atoms with Crippen LogP contribution in [0.3, 0.4) is 0 Å². The van der Waals surface area contributed by atoms with Gasteiger partial charge in [-0.15, -0.1) is 0 Å². The van der Waals surface area contributed by atoms with Gasteiger partial charge in [0.05, 0.1) is 62.4 Å². The van der Waals surface area contributed by atoms with Crippen molar-refractivity contribution in [3.05, 3.63) is 82.9 Å². The topological polar surface area (TPSA) is 110 Å². The van der Waals surface area contributed by atoms with E-state index in [9.17, 15) is 15.0 Å². The van der Waals surface area contributed by atoms with Gasteiger partial charge in [-0.3, -0.25) is 0 Å². The number of hydrogen-bond acceptors (Lipinski definition) is 8. The van der Waals surface area contributed by atoms with Crippen LogP contribution in [-0.2, 0) is 16.1 Å². The van der Waals surface area contributed by atoms with Gasteiger partial charge in [-0.1, -0.05) is 41.9 Å². The van der Waals surface area contributed by atoms with E-state index in [2.05, 4.69) is 11.0 Å². The van der Waals surface area contributed by atoms with Crippen LogP contribution >= 0.6 is 11.6 Å². The number of benzene rings is 3. The summed E-state index contributed by atoms with van der Waals surface area (Å²) in [6.07, 6.45) is -0.980. The Bertz CT molecular complexity index is 1390. The van der Waals surface area contributed by atoms with Crippen LogP contribution in [0.15, 0.2) is 66.7 Å². The lowest BCUT2D eigenvalue weighted by molar-refractivity contribution is -0.0660. The third-order valence-electron chi connectivity index (χ3n) is 8.03. The maximum atomic E-state index is 11.9. The zero-order valence-electron chi connectivity index (χ0n) is 25.5. The van der Waals surface area contributed by atoms with Gasteiger partial charge in [0.15, 0.2) is 0 Å². The number of rotatable bonds is 14. The summed E-state index contributed by atoms with van der Waals surface area (Å²) in [5, 5.41) is 21.4. The number of anilines is 1. The van der Waals surface area contributed by atoms with Gasteiger partial charge >= 0.3 is 6.09 Å². The SMILES string of the molecule is COCCCN1CCOc2ccc(CO[C@H]3CN(C(=O)O)C[C@@H](O)[C@@H]3c3ccc(OCCCOc4ccccc4Cl)cc3)cc21. The van der Waals surface area contributed by atoms with Gasteiger partial charge in [0.1, 0.15) is 23.9 Å². The second-order valence-corrected chi connectivity index (χ2v) is 11.6. The average Bonchev–Trinajstić information content (AvgIpc) is 3.05. The van der Waals surface area contributed by atoms with Crippen LogP contribution in [0.1, 0.15) is 29.9 Å². The Morgan fingerprint density at radius 2 is 1.80 bits per heavy atom. The molecule has 1 fully saturated rings. The maximum Gasteiger partial charge on any atom is 0.407 e. The fourth-order valence-corrected chi connectivity index (χ4v) is 5.95. The zero-order chi connectivity index (χ0) is 31.6. The van der Waals surface area contributed by atoms with E-state index in [1.54, 1.807) is 13.2 Å². The second kappa shape index (κ2) is 16.0. The summed E-state index contributed by atoms with van der Waals surface area (Å²) in [7, 11) is 1.70. The number of hydrogen-bond donors (Lipinski definition) is 2. The molecule has 2 N–H and O–H groups in total. The Kier molecular flexibility index (Phi) is 11.6. The molecule has 5 rings (SSSR count). The standard InChI is InChI=1S/C34H41ClN2O8/c1-41-16-4-14-36-15-19-44-31-13-8-24(20-28(31)36)23-45-32-22-37(34(39)40)21-29(38)33(32)25-9-11-26(12-10-25)42-17-5-18-43-30-7-3-2-6-27(30)35/h2-3,6-13,20,29,32-33,38H,4-5,14-19,21-23H2,1H3,(H,39,40)/t29-,32+,33+/m1/s1. The minimum Gasteiger partial charge on any atom is -0.493 e. The van der Waals surface area contributed by atoms with Crippen molar-refractivity contribution in [1.29, 1.82) is 0 Å². The third kappa shape index (κ3) is 8.73. The lowest BCUT2D eigenvalue weighted by Crippen LogP contribution is -2.53. The van der Waals surface area contributed by atoms with Gasteiger partial charge in [-0.2, -0.15) is 0 Å². The van der Waals surface area contributed by atoms with E-state index >= 15 is 0 Å². The van der Waals surface area contributed by atoms with Crippen LogP contribution in [0, 0.1) is 0 Å². The van der Waals surface area contributed by atoms with Crippen LogP contribution in [0.4, 0.5) is 10.5 Å². The first-order valence-electron chi connectivity index (χ1n) is 15.3. The highest BCUT2D eigenvalue weighted by Crippen LogP contribution is 2.35. The van der Waals surface area contributed by atoms with Crippen LogP contribution in [0.5, 0.6) is 17.2 Å². The van der Waals surface area contributed by atoms with Crippen LogP contribution in [0.2, 0.25) is 5.02 Å². The summed E-state index contributed by atoms with van der Waals surface area (Å²) in [6, 6.07) is 20.9. The second-order valence-electron chi connectivity index (χ2n) is 11.2. The van der Waals surface area contributed by atoms with Crippen molar-refractivity contribution in [3.8, 4) is 17.2 Å². The first-order valence-corrected chi connectivity index (χ1v) is 15.7. The van der Waals surface area contributed by atoms with E-state index in [0.29, 0.717) is 49.4 Å². The minimum atomic E-state index is -1.08. The number of aliphatic hydroxyl groups is 1. The lowest BCUT2D eigenvalue weighted by Gasteiger charge is -2.40. The predicted molar refractivity (Wildman–Crippen MR) is 171 cm³/mol. The molecule has 11 heteroatoms. The summed E-state index contributed by atoms with van der Waals surface area (Å²) in [5.74, 6) is 1.76. The molecule has 0 saturated carbocycles. The summed E-state index contributed by atoms with van der Waals surface area (Å²) in [5.41, 5.74) is 2.81. The summed E-state index contributed by atoms with van der Waals surface area (Å²) < 4.78 is 29.1. The fraction of sp³-hybridized carbons (Fsp3) is 0.441. The molecule has 3 atom stereocenters. The van der Waals surface area contributed by atoms with E-state index < -0.39 is 24.2 Å². The quantitative estimate of drug-likeness (QED) is 0.222. The van der Waals surface area contributed by atoms with Gasteiger partial charge in [-0.05, 0) is 53.9 Å². The Labute approximate surface area is 269 Å². The van der Waals surface area contributed by atoms with Crippen molar-refractivity contribution in [3.63, 3.8) is 0 Å². The molecule has 0 aromatic heterocycles. The summed E-state index contributed by atoms with van der Waals surface area (Å²) in [6.45, 7) is 4.32. The number of fused-ring (bicyclic) bond motifs is 1. The van der Waals surface area contributed by atoms with E-state index in [1.165, 1.54) is 4.90 Å². The Balaban J connectivity index is 1.20. The smallest absolute Gasteiger partial charge is 0.407 e. The molecule has 10 nitrogen and oxygen atoms in total. The minimum absolute atomic E-state index is 0.0101. The molecule has 242 valence electrons. The van der Waals surface area contributed by atoms with Crippen molar-refractivity contribution in [2.75, 3.05) is 64.6 Å². The van der Waals surface area contributed by atoms with Crippen LogP contribution < -0.4 is 19.1 Å². The highest BCUT2D eigenvalue weighted by Gasteiger charge is 2.39. The summed E-state index contributed by atoms with van der Waals surface area (Å²) in [4.78, 5) is 15.4. The van der Waals surface area contributed by atoms with Crippen molar-refractivity contribution >= 4 is 23.4 Å². The van der Waals surface area contributed by atoms with E-state index in [4.69, 9.17) is 35.3 Å². The maximum absolute atomic E-state index is 11.9. The molecule has 0 radical (unpaired) electrons. The number of ether oxygens (including phenoxy) is 5.